The molecule has 1 aliphatic heterocycles. The highest BCUT2D eigenvalue weighted by Gasteiger charge is 2.39. The van der Waals surface area contributed by atoms with Crippen molar-refractivity contribution in [3.05, 3.63) is 59.4 Å². The van der Waals surface area contributed by atoms with Crippen LogP contribution in [0.5, 0.6) is 5.75 Å². The maximum Gasteiger partial charge on any atom is 0.223 e. The highest BCUT2D eigenvalue weighted by Crippen LogP contribution is 2.34. The smallest absolute Gasteiger partial charge is 0.223 e. The van der Waals surface area contributed by atoms with Gasteiger partial charge < -0.3 is 14.2 Å². The standard InChI is InChI=1S/C27H35N3O2/c1-18(2)21-12-11-19(3)15-24(21)32-14-13-29-23-10-8-7-9-22(23)28-26(29)20-16-25(31)30(17-20)27(4,5)6/h7-12,15,18,20H,13-14,16-17H2,1-6H3/t20-/m0/s1. The molecule has 0 bridgehead atoms. The minimum atomic E-state index is -0.176. The number of hydrogen-bond donors (Lipinski definition) is 0. The van der Waals surface area contributed by atoms with Gasteiger partial charge in [-0.3, -0.25) is 4.79 Å². The first kappa shape index (κ1) is 22.4. The van der Waals surface area contributed by atoms with E-state index in [1.54, 1.807) is 0 Å². The van der Waals surface area contributed by atoms with Gasteiger partial charge in [0, 0.05) is 24.4 Å². The highest BCUT2D eigenvalue weighted by atomic mass is 16.5. The summed E-state index contributed by atoms with van der Waals surface area (Å²) in [6.45, 7) is 14.7. The molecule has 1 amide bonds. The Balaban J connectivity index is 1.60. The summed E-state index contributed by atoms with van der Waals surface area (Å²) in [5.74, 6) is 2.66. The second-order valence-corrected chi connectivity index (χ2v) is 10.2. The summed E-state index contributed by atoms with van der Waals surface area (Å²) >= 11 is 0. The number of imidazole rings is 1. The number of carbonyl (C=O) groups excluding carboxylic acids is 1. The Morgan fingerprint density at radius 2 is 1.91 bits per heavy atom. The van der Waals surface area contributed by atoms with Crippen LogP contribution in [0.4, 0.5) is 0 Å². The number of likely N-dealkylation sites (tertiary alicyclic amines) is 1. The molecule has 4 rings (SSSR count). The van der Waals surface area contributed by atoms with Crippen molar-refractivity contribution in [2.24, 2.45) is 0 Å². The topological polar surface area (TPSA) is 47.4 Å². The third kappa shape index (κ3) is 4.38. The SMILES string of the molecule is Cc1ccc(C(C)C)c(OCCn2c([C@H]3CC(=O)N(C(C)(C)C)C3)nc3ccccc32)c1. The van der Waals surface area contributed by atoms with Gasteiger partial charge in [-0.25, -0.2) is 4.98 Å². The van der Waals surface area contributed by atoms with Crippen molar-refractivity contribution in [1.29, 1.82) is 0 Å². The fourth-order valence-corrected chi connectivity index (χ4v) is 4.66. The average molecular weight is 434 g/mol. The molecule has 2 heterocycles. The van der Waals surface area contributed by atoms with Crippen LogP contribution in [0.25, 0.3) is 11.0 Å². The maximum absolute atomic E-state index is 12.7. The summed E-state index contributed by atoms with van der Waals surface area (Å²) in [4.78, 5) is 19.7. The molecule has 2 aromatic carbocycles. The summed E-state index contributed by atoms with van der Waals surface area (Å²) in [5.41, 5.74) is 4.33. The molecule has 1 fully saturated rings. The van der Waals surface area contributed by atoms with E-state index in [0.717, 1.165) is 22.6 Å². The zero-order chi connectivity index (χ0) is 23.0. The lowest BCUT2D eigenvalue weighted by molar-refractivity contribution is -0.131. The number of rotatable bonds is 6. The molecule has 3 aromatic rings. The number of aryl methyl sites for hydroxylation is 1. The predicted molar refractivity (Wildman–Crippen MR) is 129 cm³/mol. The Labute approximate surface area is 191 Å². The number of amides is 1. The number of carbonyl (C=O) groups is 1. The molecular weight excluding hydrogens is 398 g/mol. The van der Waals surface area contributed by atoms with Crippen molar-refractivity contribution in [1.82, 2.24) is 14.5 Å². The average Bonchev–Trinajstić information content (AvgIpc) is 3.28. The molecule has 170 valence electrons. The lowest BCUT2D eigenvalue weighted by atomic mass is 10.0. The van der Waals surface area contributed by atoms with E-state index in [2.05, 4.69) is 70.4 Å². The van der Waals surface area contributed by atoms with Crippen LogP contribution in [-0.2, 0) is 11.3 Å². The Morgan fingerprint density at radius 3 is 2.59 bits per heavy atom. The van der Waals surface area contributed by atoms with Crippen molar-refractivity contribution >= 4 is 16.9 Å². The maximum atomic E-state index is 12.7. The lowest BCUT2D eigenvalue weighted by Gasteiger charge is -2.32. The van der Waals surface area contributed by atoms with Gasteiger partial charge in [-0.1, -0.05) is 38.1 Å². The van der Waals surface area contributed by atoms with Gasteiger partial charge >= 0.3 is 0 Å². The van der Waals surface area contributed by atoms with E-state index in [4.69, 9.17) is 9.72 Å². The van der Waals surface area contributed by atoms with Crippen LogP contribution < -0.4 is 4.74 Å². The van der Waals surface area contributed by atoms with Crippen molar-refractivity contribution in [3.63, 3.8) is 0 Å². The summed E-state index contributed by atoms with van der Waals surface area (Å²) in [5, 5.41) is 0. The van der Waals surface area contributed by atoms with Crippen LogP contribution in [-0.4, -0.2) is 39.0 Å². The second kappa shape index (κ2) is 8.61. The van der Waals surface area contributed by atoms with Crippen molar-refractivity contribution in [2.75, 3.05) is 13.2 Å². The van der Waals surface area contributed by atoms with Gasteiger partial charge in [0.25, 0.3) is 0 Å². The lowest BCUT2D eigenvalue weighted by Crippen LogP contribution is -2.42. The minimum Gasteiger partial charge on any atom is -0.491 e. The fraction of sp³-hybridized carbons (Fsp3) is 0.481. The molecule has 5 nitrogen and oxygen atoms in total. The van der Waals surface area contributed by atoms with Gasteiger partial charge in [-0.05, 0) is 62.9 Å². The number of nitrogens with zero attached hydrogens (tertiary/aromatic N) is 3. The Kier molecular flexibility index (Phi) is 6.02. The molecule has 1 saturated heterocycles. The normalized spacial score (nSPS) is 17.0. The molecular formula is C27H35N3O2. The predicted octanol–water partition coefficient (Wildman–Crippen LogP) is 5.66. The Morgan fingerprint density at radius 1 is 1.16 bits per heavy atom. The molecule has 0 unspecified atom stereocenters. The summed E-state index contributed by atoms with van der Waals surface area (Å²) in [6, 6.07) is 14.6. The number of hydrogen-bond acceptors (Lipinski definition) is 3. The first-order valence-electron chi connectivity index (χ1n) is 11.6. The Bertz CT molecular complexity index is 1120. The van der Waals surface area contributed by atoms with Crippen molar-refractivity contribution in [3.8, 4) is 5.75 Å². The first-order valence-corrected chi connectivity index (χ1v) is 11.6. The van der Waals surface area contributed by atoms with Crippen molar-refractivity contribution < 1.29 is 9.53 Å². The van der Waals surface area contributed by atoms with E-state index in [-0.39, 0.29) is 17.4 Å². The number of aromatic nitrogens is 2. The summed E-state index contributed by atoms with van der Waals surface area (Å²) < 4.78 is 8.54. The van der Waals surface area contributed by atoms with Crippen LogP contribution in [0.15, 0.2) is 42.5 Å². The molecule has 0 saturated carbocycles. The van der Waals surface area contributed by atoms with E-state index in [1.807, 2.05) is 23.1 Å². The quantitative estimate of drug-likeness (QED) is 0.504. The van der Waals surface area contributed by atoms with Crippen LogP contribution in [0.2, 0.25) is 0 Å². The fourth-order valence-electron chi connectivity index (χ4n) is 4.66. The summed E-state index contributed by atoms with van der Waals surface area (Å²) in [6.07, 6.45) is 0.511. The molecule has 32 heavy (non-hydrogen) atoms. The molecule has 5 heteroatoms. The zero-order valence-electron chi connectivity index (χ0n) is 20.2. The first-order chi connectivity index (χ1) is 15.1. The van der Waals surface area contributed by atoms with Crippen molar-refractivity contribution in [2.45, 2.75) is 71.9 Å². The van der Waals surface area contributed by atoms with E-state index >= 15 is 0 Å². The van der Waals surface area contributed by atoms with Crippen LogP contribution in [0.1, 0.15) is 69.8 Å². The third-order valence-electron chi connectivity index (χ3n) is 6.35. The molecule has 0 radical (unpaired) electrons. The third-order valence-corrected chi connectivity index (χ3v) is 6.35. The largest absolute Gasteiger partial charge is 0.491 e. The van der Waals surface area contributed by atoms with E-state index in [9.17, 15) is 4.79 Å². The molecule has 0 spiro atoms. The Hall–Kier alpha value is -2.82. The monoisotopic (exact) mass is 433 g/mol. The van der Waals surface area contributed by atoms with Gasteiger partial charge in [-0.2, -0.15) is 0 Å². The van der Waals surface area contributed by atoms with E-state index in [1.165, 1.54) is 11.1 Å². The van der Waals surface area contributed by atoms with Gasteiger partial charge in [0.1, 0.15) is 18.2 Å². The van der Waals surface area contributed by atoms with Crippen LogP contribution in [0.3, 0.4) is 0 Å². The number of ether oxygens (including phenoxy) is 1. The molecule has 0 N–H and O–H groups in total. The van der Waals surface area contributed by atoms with Crippen LogP contribution >= 0.6 is 0 Å². The number of para-hydroxylation sites is 2. The van der Waals surface area contributed by atoms with Gasteiger partial charge in [0.2, 0.25) is 5.91 Å². The molecule has 0 aliphatic carbocycles. The van der Waals surface area contributed by atoms with Crippen LogP contribution in [0, 0.1) is 6.92 Å². The second-order valence-electron chi connectivity index (χ2n) is 10.2. The zero-order valence-corrected chi connectivity index (χ0v) is 20.2. The van der Waals surface area contributed by atoms with E-state index in [0.29, 0.717) is 32.0 Å². The molecule has 1 aliphatic rings. The number of fused-ring (bicyclic) bond motifs is 1. The van der Waals surface area contributed by atoms with Gasteiger partial charge in [-0.15, -0.1) is 0 Å². The van der Waals surface area contributed by atoms with Gasteiger partial charge in [0.15, 0.2) is 0 Å². The summed E-state index contributed by atoms with van der Waals surface area (Å²) in [7, 11) is 0. The highest BCUT2D eigenvalue weighted by molar-refractivity contribution is 5.81. The molecule has 1 atom stereocenters. The number of benzene rings is 2. The van der Waals surface area contributed by atoms with E-state index < -0.39 is 0 Å². The van der Waals surface area contributed by atoms with Gasteiger partial charge in [0.05, 0.1) is 17.6 Å². The minimum absolute atomic E-state index is 0.0966. The molecule has 1 aromatic heterocycles.